The van der Waals surface area contributed by atoms with Gasteiger partial charge in [0.2, 0.25) is 0 Å². The van der Waals surface area contributed by atoms with Crippen molar-refractivity contribution in [1.29, 1.82) is 0 Å². The molecule has 0 saturated carbocycles. The van der Waals surface area contributed by atoms with Crippen LogP contribution in [0.3, 0.4) is 0 Å². The summed E-state index contributed by atoms with van der Waals surface area (Å²) in [4.78, 5) is 8.00. The number of aromatic hydroxyl groups is 1. The quantitative estimate of drug-likeness (QED) is 0.643. The highest BCUT2D eigenvalue weighted by Gasteiger charge is 1.85. The third kappa shape index (κ3) is 15.4. The van der Waals surface area contributed by atoms with Gasteiger partial charge in [-0.25, -0.2) is 0 Å². The fourth-order valence-electron chi connectivity index (χ4n) is 0.761. The predicted octanol–water partition coefficient (Wildman–Crippen LogP) is 1.24. The number of carbonyl (C=O) groups is 1. The summed E-state index contributed by atoms with van der Waals surface area (Å²) in [6, 6.07) is 8.71. The zero-order valence-corrected chi connectivity index (χ0v) is 9.10. The first kappa shape index (κ1) is 16.1. The average molecular weight is 212 g/mol. The van der Waals surface area contributed by atoms with Gasteiger partial charge in [-0.3, -0.25) is 0 Å². The fourth-order valence-corrected chi connectivity index (χ4v) is 0.761. The lowest BCUT2D eigenvalue weighted by atomic mass is 10.3. The van der Waals surface area contributed by atoms with E-state index in [9.17, 15) is 0 Å². The highest BCUT2D eigenvalue weighted by atomic mass is 16.3. The van der Waals surface area contributed by atoms with E-state index in [-0.39, 0.29) is 6.17 Å². The van der Waals surface area contributed by atoms with Crippen molar-refractivity contribution in [3.8, 4) is 5.75 Å². The molecule has 4 heteroatoms. The summed E-state index contributed by atoms with van der Waals surface area (Å²) < 4.78 is 0. The predicted molar refractivity (Wildman–Crippen MR) is 62.3 cm³/mol. The molecule has 1 rings (SSSR count). The van der Waals surface area contributed by atoms with Crippen LogP contribution in [0.15, 0.2) is 30.3 Å². The number of nitrogens with two attached hydrogens (primary N) is 2. The third-order valence-corrected chi connectivity index (χ3v) is 1.38. The lowest BCUT2D eigenvalue weighted by molar-refractivity contribution is -0.0979. The molecule has 15 heavy (non-hydrogen) atoms. The largest absolute Gasteiger partial charge is 0.508 e. The standard InChI is InChI=1S/C6H6O.C4H12N2.CH2O/c7-6-4-2-1-3-5-6;1-2-3-4(5)6;1-2/h1-5,7H;4H,2-3,5-6H2,1H3;1H2. The van der Waals surface area contributed by atoms with E-state index in [1.807, 2.05) is 12.9 Å². The van der Waals surface area contributed by atoms with Crippen molar-refractivity contribution in [2.75, 3.05) is 0 Å². The van der Waals surface area contributed by atoms with Crippen LogP contribution >= 0.6 is 0 Å². The molecule has 4 nitrogen and oxygen atoms in total. The van der Waals surface area contributed by atoms with Gasteiger partial charge in [-0.1, -0.05) is 31.5 Å². The van der Waals surface area contributed by atoms with Crippen LogP contribution in [0.25, 0.3) is 0 Å². The molecule has 0 radical (unpaired) electrons. The van der Waals surface area contributed by atoms with Crippen LogP contribution in [-0.2, 0) is 4.79 Å². The minimum atomic E-state index is -0.102. The van der Waals surface area contributed by atoms with E-state index < -0.39 is 0 Å². The molecule has 0 aliphatic rings. The van der Waals surface area contributed by atoms with Crippen molar-refractivity contribution in [3.05, 3.63) is 30.3 Å². The number of para-hydroxylation sites is 1. The van der Waals surface area contributed by atoms with E-state index in [2.05, 4.69) is 6.92 Å². The molecule has 0 atom stereocenters. The maximum absolute atomic E-state index is 8.63. The zero-order chi connectivity index (χ0) is 12.1. The highest BCUT2D eigenvalue weighted by molar-refractivity contribution is 5.18. The second kappa shape index (κ2) is 12.6. The SMILES string of the molecule is C=O.CCCC(N)N.Oc1ccccc1. The minimum Gasteiger partial charge on any atom is -0.508 e. The van der Waals surface area contributed by atoms with Gasteiger partial charge in [0, 0.05) is 0 Å². The van der Waals surface area contributed by atoms with Crippen LogP contribution in [0.4, 0.5) is 0 Å². The molecule has 0 aromatic heterocycles. The molecule has 0 saturated heterocycles. The number of benzene rings is 1. The molecule has 0 aliphatic heterocycles. The van der Waals surface area contributed by atoms with Crippen molar-refractivity contribution >= 4 is 6.79 Å². The van der Waals surface area contributed by atoms with E-state index in [0.29, 0.717) is 5.75 Å². The summed E-state index contributed by atoms with van der Waals surface area (Å²) in [5.41, 5.74) is 10.4. The lowest BCUT2D eigenvalue weighted by Gasteiger charge is -1.97. The lowest BCUT2D eigenvalue weighted by Crippen LogP contribution is -2.29. The first-order chi connectivity index (χ1) is 7.16. The van der Waals surface area contributed by atoms with E-state index in [4.69, 9.17) is 21.4 Å². The average Bonchev–Trinajstić information content (AvgIpc) is 2.22. The number of hydrogen-bond acceptors (Lipinski definition) is 4. The number of carbonyl (C=O) groups excluding carboxylic acids is 1. The Morgan fingerprint density at radius 1 is 1.27 bits per heavy atom. The molecule has 0 fully saturated rings. The Morgan fingerprint density at radius 3 is 1.87 bits per heavy atom. The molecule has 0 bridgehead atoms. The van der Waals surface area contributed by atoms with Crippen LogP contribution in [0.2, 0.25) is 0 Å². The monoisotopic (exact) mass is 212 g/mol. The molecule has 5 N–H and O–H groups in total. The van der Waals surface area contributed by atoms with Gasteiger partial charge < -0.3 is 21.4 Å². The van der Waals surface area contributed by atoms with E-state index >= 15 is 0 Å². The number of rotatable bonds is 2. The topological polar surface area (TPSA) is 89.3 Å². The van der Waals surface area contributed by atoms with Crippen LogP contribution in [0.5, 0.6) is 5.75 Å². The molecule has 0 heterocycles. The number of hydrogen-bond donors (Lipinski definition) is 3. The second-order valence-electron chi connectivity index (χ2n) is 2.79. The Balaban J connectivity index is 0. The Labute approximate surface area is 90.9 Å². The molecular formula is C11H20N2O2. The van der Waals surface area contributed by atoms with Gasteiger partial charge in [0.05, 0.1) is 6.17 Å². The van der Waals surface area contributed by atoms with Gasteiger partial charge in [-0.15, -0.1) is 0 Å². The molecule has 0 spiro atoms. The molecule has 86 valence electrons. The van der Waals surface area contributed by atoms with Crippen molar-refractivity contribution in [3.63, 3.8) is 0 Å². The summed E-state index contributed by atoms with van der Waals surface area (Å²) >= 11 is 0. The van der Waals surface area contributed by atoms with Gasteiger partial charge in [0.25, 0.3) is 0 Å². The van der Waals surface area contributed by atoms with E-state index in [0.717, 1.165) is 12.8 Å². The van der Waals surface area contributed by atoms with Gasteiger partial charge in [0.1, 0.15) is 12.5 Å². The summed E-state index contributed by atoms with van der Waals surface area (Å²) in [5.74, 6) is 0.322. The smallest absolute Gasteiger partial charge is 0.115 e. The Bertz CT molecular complexity index is 215. The van der Waals surface area contributed by atoms with Gasteiger partial charge >= 0.3 is 0 Å². The van der Waals surface area contributed by atoms with Crippen LogP contribution in [-0.4, -0.2) is 18.1 Å². The van der Waals surface area contributed by atoms with Gasteiger partial charge in [-0.05, 0) is 18.6 Å². The molecule has 1 aromatic rings. The maximum atomic E-state index is 8.63. The van der Waals surface area contributed by atoms with E-state index in [1.165, 1.54) is 0 Å². The van der Waals surface area contributed by atoms with Crippen molar-refractivity contribution in [1.82, 2.24) is 0 Å². The molecule has 0 unspecified atom stereocenters. The Hall–Kier alpha value is -1.39. The second-order valence-corrected chi connectivity index (χ2v) is 2.79. The Morgan fingerprint density at radius 2 is 1.73 bits per heavy atom. The maximum Gasteiger partial charge on any atom is 0.115 e. The summed E-state index contributed by atoms with van der Waals surface area (Å²) in [5, 5.41) is 8.63. The van der Waals surface area contributed by atoms with Gasteiger partial charge in [0.15, 0.2) is 0 Å². The van der Waals surface area contributed by atoms with Crippen LogP contribution in [0, 0.1) is 0 Å². The first-order valence-corrected chi connectivity index (χ1v) is 4.70. The Kier molecular flexibility index (Phi) is 13.5. The molecular weight excluding hydrogens is 192 g/mol. The summed E-state index contributed by atoms with van der Waals surface area (Å²) in [6.07, 6.45) is 1.91. The van der Waals surface area contributed by atoms with Crippen molar-refractivity contribution < 1.29 is 9.90 Å². The fraction of sp³-hybridized carbons (Fsp3) is 0.364. The molecule has 0 amide bonds. The summed E-state index contributed by atoms with van der Waals surface area (Å²) in [6.45, 7) is 4.06. The minimum absolute atomic E-state index is 0.102. The molecule has 0 aliphatic carbocycles. The number of phenolic OH excluding ortho intramolecular Hbond substituents is 1. The zero-order valence-electron chi connectivity index (χ0n) is 9.10. The van der Waals surface area contributed by atoms with Crippen molar-refractivity contribution in [2.24, 2.45) is 11.5 Å². The van der Waals surface area contributed by atoms with Crippen molar-refractivity contribution in [2.45, 2.75) is 25.9 Å². The van der Waals surface area contributed by atoms with Crippen LogP contribution in [0.1, 0.15) is 19.8 Å². The molecule has 1 aromatic carbocycles. The summed E-state index contributed by atoms with van der Waals surface area (Å²) in [7, 11) is 0. The van der Waals surface area contributed by atoms with Gasteiger partial charge in [-0.2, -0.15) is 0 Å². The normalized spacial score (nSPS) is 8.27. The first-order valence-electron chi connectivity index (χ1n) is 4.70. The van der Waals surface area contributed by atoms with E-state index in [1.54, 1.807) is 24.3 Å². The van der Waals surface area contributed by atoms with Crippen LogP contribution < -0.4 is 11.5 Å². The third-order valence-electron chi connectivity index (χ3n) is 1.38. The highest BCUT2D eigenvalue weighted by Crippen LogP contribution is 2.02. The number of phenols is 1.